The Balaban J connectivity index is 1.60. The molecule has 2 nitrogen and oxygen atoms in total. The Hall–Kier alpha value is -0.860. The molecule has 2 heteroatoms. The summed E-state index contributed by atoms with van der Waals surface area (Å²) < 4.78 is 0. The molecule has 0 aromatic heterocycles. The average Bonchev–Trinajstić information content (AvgIpc) is 3.20. The monoisotopic (exact) mass is 260 g/mol. The number of aryl methyl sites for hydroxylation is 2. The molecular weight excluding hydrogens is 232 g/mol. The minimum absolute atomic E-state index is 0.605. The second-order valence-corrected chi connectivity index (χ2v) is 6.09. The van der Waals surface area contributed by atoms with Crippen LogP contribution in [0.5, 0.6) is 0 Å². The highest BCUT2D eigenvalue weighted by molar-refractivity contribution is 5.22. The zero-order chi connectivity index (χ0) is 13.7. The van der Waals surface area contributed by atoms with Crippen LogP contribution in [0.25, 0.3) is 0 Å². The zero-order valence-corrected chi connectivity index (χ0v) is 12.7. The molecular formula is C17H28N2. The van der Waals surface area contributed by atoms with Crippen molar-refractivity contribution in [1.82, 2.24) is 10.2 Å². The third-order valence-corrected chi connectivity index (χ3v) is 4.08. The van der Waals surface area contributed by atoms with Crippen LogP contribution in [0.15, 0.2) is 24.3 Å². The van der Waals surface area contributed by atoms with Gasteiger partial charge in [0.2, 0.25) is 0 Å². The van der Waals surface area contributed by atoms with Crippen LogP contribution in [-0.2, 0) is 6.42 Å². The third kappa shape index (κ3) is 5.33. The van der Waals surface area contributed by atoms with Crippen LogP contribution in [-0.4, -0.2) is 37.1 Å². The van der Waals surface area contributed by atoms with E-state index in [4.69, 9.17) is 0 Å². The maximum Gasteiger partial charge on any atom is 0.0107 e. The van der Waals surface area contributed by atoms with Gasteiger partial charge in [0, 0.05) is 25.2 Å². The number of benzene rings is 1. The molecule has 1 aromatic rings. The molecule has 0 spiro atoms. The van der Waals surface area contributed by atoms with Crippen LogP contribution in [0, 0.1) is 6.92 Å². The lowest BCUT2D eigenvalue weighted by Crippen LogP contribution is -2.35. The summed E-state index contributed by atoms with van der Waals surface area (Å²) >= 11 is 0. The molecule has 1 unspecified atom stereocenters. The summed E-state index contributed by atoms with van der Waals surface area (Å²) in [5, 5.41) is 3.64. The van der Waals surface area contributed by atoms with Gasteiger partial charge in [-0.15, -0.1) is 0 Å². The lowest BCUT2D eigenvalue weighted by molar-refractivity contribution is 0.314. The lowest BCUT2D eigenvalue weighted by atomic mass is 10.0. The number of likely N-dealkylation sites (N-methyl/N-ethyl adjacent to an activating group) is 1. The van der Waals surface area contributed by atoms with Gasteiger partial charge in [0.25, 0.3) is 0 Å². The molecule has 0 aliphatic heterocycles. The first kappa shape index (κ1) is 14.5. The molecule has 0 saturated heterocycles. The van der Waals surface area contributed by atoms with Crippen molar-refractivity contribution in [3.8, 4) is 0 Å². The van der Waals surface area contributed by atoms with Crippen molar-refractivity contribution < 1.29 is 0 Å². The summed E-state index contributed by atoms with van der Waals surface area (Å²) in [7, 11) is 2.25. The van der Waals surface area contributed by atoms with E-state index in [-0.39, 0.29) is 0 Å². The molecule has 1 aromatic carbocycles. The number of rotatable bonds is 8. The van der Waals surface area contributed by atoms with E-state index in [1.807, 2.05) is 0 Å². The van der Waals surface area contributed by atoms with E-state index in [2.05, 4.69) is 55.4 Å². The van der Waals surface area contributed by atoms with Gasteiger partial charge in [-0.1, -0.05) is 29.8 Å². The van der Waals surface area contributed by atoms with Gasteiger partial charge in [-0.25, -0.2) is 0 Å². The van der Waals surface area contributed by atoms with Crippen LogP contribution in [0.3, 0.4) is 0 Å². The highest BCUT2D eigenvalue weighted by atomic mass is 15.2. The SMILES string of the molecule is Cc1cccc(CCC(C)NCCN(C)C2CC2)c1. The molecule has 0 heterocycles. The predicted molar refractivity (Wildman–Crippen MR) is 82.6 cm³/mol. The fraction of sp³-hybridized carbons (Fsp3) is 0.647. The first-order valence-electron chi connectivity index (χ1n) is 7.64. The minimum atomic E-state index is 0.605. The van der Waals surface area contributed by atoms with Crippen molar-refractivity contribution in [1.29, 1.82) is 0 Å². The summed E-state index contributed by atoms with van der Waals surface area (Å²) in [5.74, 6) is 0. The molecule has 1 aliphatic carbocycles. The molecule has 106 valence electrons. The minimum Gasteiger partial charge on any atom is -0.313 e. The van der Waals surface area contributed by atoms with Crippen LogP contribution in [0.2, 0.25) is 0 Å². The smallest absolute Gasteiger partial charge is 0.0107 e. The number of nitrogens with one attached hydrogen (secondary N) is 1. The summed E-state index contributed by atoms with van der Waals surface area (Å²) in [4.78, 5) is 2.49. The van der Waals surface area contributed by atoms with Crippen LogP contribution < -0.4 is 5.32 Å². The first-order chi connectivity index (χ1) is 9.15. The molecule has 2 rings (SSSR count). The fourth-order valence-corrected chi connectivity index (χ4v) is 2.54. The van der Waals surface area contributed by atoms with Gasteiger partial charge in [0.15, 0.2) is 0 Å². The molecule has 1 atom stereocenters. The second-order valence-electron chi connectivity index (χ2n) is 6.09. The summed E-state index contributed by atoms with van der Waals surface area (Å²) in [6.45, 7) is 6.76. The topological polar surface area (TPSA) is 15.3 Å². The van der Waals surface area contributed by atoms with E-state index in [1.165, 1.54) is 43.4 Å². The highest BCUT2D eigenvalue weighted by Crippen LogP contribution is 2.24. The zero-order valence-electron chi connectivity index (χ0n) is 12.7. The van der Waals surface area contributed by atoms with Gasteiger partial charge in [0.05, 0.1) is 0 Å². The van der Waals surface area contributed by atoms with Crippen molar-refractivity contribution in [2.75, 3.05) is 20.1 Å². The predicted octanol–water partition coefficient (Wildman–Crippen LogP) is 3.00. The molecule has 19 heavy (non-hydrogen) atoms. The molecule has 1 saturated carbocycles. The van der Waals surface area contributed by atoms with Crippen molar-refractivity contribution >= 4 is 0 Å². The molecule has 1 N–H and O–H groups in total. The Labute approximate surface area is 118 Å². The molecule has 0 amide bonds. The molecule has 0 bridgehead atoms. The van der Waals surface area contributed by atoms with Gasteiger partial charge < -0.3 is 10.2 Å². The maximum atomic E-state index is 3.64. The first-order valence-corrected chi connectivity index (χ1v) is 7.64. The standard InChI is InChI=1S/C17H28N2/c1-14-5-4-6-16(13-14)8-7-15(2)18-11-12-19(3)17-9-10-17/h4-6,13,15,17-18H,7-12H2,1-3H3. The third-order valence-electron chi connectivity index (χ3n) is 4.08. The second kappa shape index (κ2) is 7.06. The average molecular weight is 260 g/mol. The Morgan fingerprint density at radius 1 is 1.37 bits per heavy atom. The van der Waals surface area contributed by atoms with E-state index in [1.54, 1.807) is 0 Å². The largest absolute Gasteiger partial charge is 0.313 e. The van der Waals surface area contributed by atoms with Crippen LogP contribution in [0.1, 0.15) is 37.3 Å². The molecule has 0 radical (unpaired) electrons. The Bertz CT molecular complexity index is 385. The van der Waals surface area contributed by atoms with Crippen molar-refractivity contribution in [3.63, 3.8) is 0 Å². The van der Waals surface area contributed by atoms with Crippen molar-refractivity contribution in [2.24, 2.45) is 0 Å². The van der Waals surface area contributed by atoms with Gasteiger partial charge in [-0.2, -0.15) is 0 Å². The van der Waals surface area contributed by atoms with Gasteiger partial charge in [0.1, 0.15) is 0 Å². The van der Waals surface area contributed by atoms with Gasteiger partial charge >= 0.3 is 0 Å². The van der Waals surface area contributed by atoms with E-state index in [0.29, 0.717) is 6.04 Å². The number of hydrogen-bond acceptors (Lipinski definition) is 2. The van der Waals surface area contributed by atoms with Crippen molar-refractivity contribution in [2.45, 2.75) is 51.6 Å². The van der Waals surface area contributed by atoms with Crippen LogP contribution >= 0.6 is 0 Å². The fourth-order valence-electron chi connectivity index (χ4n) is 2.54. The van der Waals surface area contributed by atoms with E-state index in [9.17, 15) is 0 Å². The van der Waals surface area contributed by atoms with Gasteiger partial charge in [-0.05, 0) is 52.1 Å². The van der Waals surface area contributed by atoms with E-state index in [0.717, 1.165) is 12.6 Å². The lowest BCUT2D eigenvalue weighted by Gasteiger charge is -2.19. The Morgan fingerprint density at radius 2 is 2.16 bits per heavy atom. The van der Waals surface area contributed by atoms with Crippen LogP contribution in [0.4, 0.5) is 0 Å². The van der Waals surface area contributed by atoms with Crippen molar-refractivity contribution in [3.05, 3.63) is 35.4 Å². The molecule has 1 aliphatic rings. The summed E-state index contributed by atoms with van der Waals surface area (Å²) in [5.41, 5.74) is 2.83. The number of hydrogen-bond donors (Lipinski definition) is 1. The quantitative estimate of drug-likeness (QED) is 0.773. The summed E-state index contributed by atoms with van der Waals surface area (Å²) in [6.07, 6.45) is 5.20. The maximum absolute atomic E-state index is 3.64. The number of nitrogens with zero attached hydrogens (tertiary/aromatic N) is 1. The van der Waals surface area contributed by atoms with E-state index < -0.39 is 0 Å². The normalized spacial score (nSPS) is 16.8. The Kier molecular flexibility index (Phi) is 5.41. The highest BCUT2D eigenvalue weighted by Gasteiger charge is 2.25. The molecule has 1 fully saturated rings. The summed E-state index contributed by atoms with van der Waals surface area (Å²) in [6, 6.07) is 10.3. The van der Waals surface area contributed by atoms with E-state index >= 15 is 0 Å². The van der Waals surface area contributed by atoms with Gasteiger partial charge in [-0.3, -0.25) is 0 Å². The Morgan fingerprint density at radius 3 is 2.84 bits per heavy atom.